The average molecular weight is 227 g/mol. The van der Waals surface area contributed by atoms with Crippen LogP contribution in [0.25, 0.3) is 5.65 Å². The maximum Gasteiger partial charge on any atom is 0.155 e. The predicted octanol–water partition coefficient (Wildman–Crippen LogP) is 2.78. The molecule has 88 valence electrons. The van der Waals surface area contributed by atoms with Crippen LogP contribution in [-0.2, 0) is 12.8 Å². The van der Waals surface area contributed by atoms with Gasteiger partial charge in [-0.2, -0.15) is 0 Å². The Hall–Kier alpha value is -1.38. The standard InChI is InChI=1S/C14H17N3/c1-2-5-14(4-1)6-3-11-12(9-14)17-8-7-15-10-13(17)16-11/h7-8,10H,1-6,9H2. The fraction of sp³-hybridized carbons (Fsp3) is 0.571. The molecule has 3 nitrogen and oxygen atoms in total. The van der Waals surface area contributed by atoms with Gasteiger partial charge in [-0.15, -0.1) is 0 Å². The van der Waals surface area contributed by atoms with E-state index in [0.29, 0.717) is 5.41 Å². The molecule has 2 heterocycles. The summed E-state index contributed by atoms with van der Waals surface area (Å²) in [5, 5.41) is 0. The van der Waals surface area contributed by atoms with E-state index in [9.17, 15) is 0 Å². The maximum atomic E-state index is 4.71. The van der Waals surface area contributed by atoms with Gasteiger partial charge in [-0.3, -0.25) is 4.98 Å². The third-order valence-electron chi connectivity index (χ3n) is 4.71. The topological polar surface area (TPSA) is 30.2 Å². The third kappa shape index (κ3) is 1.34. The van der Waals surface area contributed by atoms with Crippen LogP contribution in [0.2, 0.25) is 0 Å². The van der Waals surface area contributed by atoms with Crippen LogP contribution in [0.4, 0.5) is 0 Å². The minimum absolute atomic E-state index is 0.603. The second kappa shape index (κ2) is 3.31. The summed E-state index contributed by atoms with van der Waals surface area (Å²) in [5.74, 6) is 0. The number of aromatic nitrogens is 3. The molecule has 0 amide bonds. The average Bonchev–Trinajstić information content (AvgIpc) is 2.95. The van der Waals surface area contributed by atoms with Crippen LogP contribution in [0.15, 0.2) is 18.6 Å². The first-order chi connectivity index (χ1) is 8.36. The molecular formula is C14H17N3. The zero-order valence-electron chi connectivity index (χ0n) is 10.0. The lowest BCUT2D eigenvalue weighted by Crippen LogP contribution is -2.26. The molecule has 0 aromatic carbocycles. The van der Waals surface area contributed by atoms with Gasteiger partial charge >= 0.3 is 0 Å². The fourth-order valence-corrected chi connectivity index (χ4v) is 3.77. The Labute approximate surface area is 101 Å². The zero-order chi connectivity index (χ0) is 11.3. The van der Waals surface area contributed by atoms with Crippen molar-refractivity contribution in [1.29, 1.82) is 0 Å². The highest BCUT2D eigenvalue weighted by molar-refractivity contribution is 5.42. The zero-order valence-corrected chi connectivity index (χ0v) is 10.0. The summed E-state index contributed by atoms with van der Waals surface area (Å²) < 4.78 is 2.25. The lowest BCUT2D eigenvalue weighted by Gasteiger charge is -2.32. The van der Waals surface area contributed by atoms with Crippen LogP contribution in [0, 0.1) is 5.41 Å². The van der Waals surface area contributed by atoms with Crippen molar-refractivity contribution in [3.8, 4) is 0 Å². The van der Waals surface area contributed by atoms with Gasteiger partial charge in [0.15, 0.2) is 5.65 Å². The van der Waals surface area contributed by atoms with E-state index in [1.54, 1.807) is 0 Å². The molecule has 0 aliphatic heterocycles. The summed E-state index contributed by atoms with van der Waals surface area (Å²) in [7, 11) is 0. The van der Waals surface area contributed by atoms with Gasteiger partial charge < -0.3 is 4.40 Å². The molecule has 0 unspecified atom stereocenters. The largest absolute Gasteiger partial charge is 0.301 e. The van der Waals surface area contributed by atoms with Crippen LogP contribution in [-0.4, -0.2) is 14.4 Å². The minimum Gasteiger partial charge on any atom is -0.301 e. The molecule has 2 aromatic heterocycles. The summed E-state index contributed by atoms with van der Waals surface area (Å²) in [5.41, 5.74) is 4.39. The normalized spacial score (nSPS) is 22.1. The van der Waals surface area contributed by atoms with Gasteiger partial charge in [0.1, 0.15) is 0 Å². The summed E-state index contributed by atoms with van der Waals surface area (Å²) in [6.45, 7) is 0. The first kappa shape index (κ1) is 9.63. The molecule has 0 saturated heterocycles. The Bertz CT molecular complexity index is 564. The van der Waals surface area contributed by atoms with Gasteiger partial charge in [-0.1, -0.05) is 12.8 Å². The molecule has 0 bridgehead atoms. The number of aryl methyl sites for hydroxylation is 1. The number of imidazole rings is 1. The van der Waals surface area contributed by atoms with Gasteiger partial charge in [0, 0.05) is 18.1 Å². The highest BCUT2D eigenvalue weighted by atomic mass is 15.0. The van der Waals surface area contributed by atoms with Crippen molar-refractivity contribution in [3.05, 3.63) is 30.0 Å². The first-order valence-corrected chi connectivity index (χ1v) is 6.66. The molecule has 2 aromatic rings. The Balaban J connectivity index is 1.85. The number of rotatable bonds is 0. The molecule has 1 saturated carbocycles. The van der Waals surface area contributed by atoms with Crippen molar-refractivity contribution < 1.29 is 0 Å². The summed E-state index contributed by atoms with van der Waals surface area (Å²) >= 11 is 0. The number of nitrogens with zero attached hydrogens (tertiary/aromatic N) is 3. The lowest BCUT2D eigenvalue weighted by atomic mass is 9.73. The van der Waals surface area contributed by atoms with Crippen molar-refractivity contribution in [2.24, 2.45) is 5.41 Å². The molecule has 3 heteroatoms. The SMILES string of the molecule is c1cn2c3c(nc2cn1)CCC1(CCCC1)C3. The smallest absolute Gasteiger partial charge is 0.155 e. The van der Waals surface area contributed by atoms with Gasteiger partial charge in [-0.25, -0.2) is 4.98 Å². The van der Waals surface area contributed by atoms with Crippen molar-refractivity contribution >= 4 is 5.65 Å². The van der Waals surface area contributed by atoms with E-state index < -0.39 is 0 Å². The molecule has 1 fully saturated rings. The van der Waals surface area contributed by atoms with Crippen LogP contribution in [0.1, 0.15) is 43.5 Å². The lowest BCUT2D eigenvalue weighted by molar-refractivity contribution is 0.250. The van der Waals surface area contributed by atoms with Crippen LogP contribution >= 0.6 is 0 Å². The second-order valence-corrected chi connectivity index (χ2v) is 5.69. The van der Waals surface area contributed by atoms with Crippen LogP contribution < -0.4 is 0 Å². The summed E-state index contributed by atoms with van der Waals surface area (Å²) in [6, 6.07) is 0. The molecule has 0 radical (unpaired) electrons. The van der Waals surface area contributed by atoms with E-state index in [1.807, 2.05) is 12.4 Å². The van der Waals surface area contributed by atoms with E-state index in [4.69, 9.17) is 4.98 Å². The van der Waals surface area contributed by atoms with Crippen LogP contribution in [0.3, 0.4) is 0 Å². The van der Waals surface area contributed by atoms with Crippen molar-refractivity contribution in [2.75, 3.05) is 0 Å². The summed E-state index contributed by atoms with van der Waals surface area (Å²) in [6.07, 6.45) is 15.2. The van der Waals surface area contributed by atoms with Crippen molar-refractivity contribution in [1.82, 2.24) is 14.4 Å². The van der Waals surface area contributed by atoms with Gasteiger partial charge in [-0.05, 0) is 37.5 Å². The highest BCUT2D eigenvalue weighted by Gasteiger charge is 2.38. The van der Waals surface area contributed by atoms with Crippen molar-refractivity contribution in [2.45, 2.75) is 44.9 Å². The van der Waals surface area contributed by atoms with Gasteiger partial charge in [0.05, 0.1) is 11.9 Å². The van der Waals surface area contributed by atoms with E-state index >= 15 is 0 Å². The number of hydrogen-bond acceptors (Lipinski definition) is 2. The number of hydrogen-bond donors (Lipinski definition) is 0. The van der Waals surface area contributed by atoms with Gasteiger partial charge in [0.2, 0.25) is 0 Å². The van der Waals surface area contributed by atoms with E-state index in [2.05, 4.69) is 15.6 Å². The monoisotopic (exact) mass is 227 g/mol. The minimum atomic E-state index is 0.603. The maximum absolute atomic E-state index is 4.71. The molecular weight excluding hydrogens is 210 g/mol. The Morgan fingerprint density at radius 3 is 2.94 bits per heavy atom. The third-order valence-corrected chi connectivity index (χ3v) is 4.71. The van der Waals surface area contributed by atoms with Gasteiger partial charge in [0.25, 0.3) is 0 Å². The molecule has 2 aliphatic carbocycles. The fourth-order valence-electron chi connectivity index (χ4n) is 3.77. The van der Waals surface area contributed by atoms with Crippen LogP contribution in [0.5, 0.6) is 0 Å². The number of fused-ring (bicyclic) bond motifs is 3. The Morgan fingerprint density at radius 2 is 2.06 bits per heavy atom. The molecule has 0 N–H and O–H groups in total. The molecule has 17 heavy (non-hydrogen) atoms. The Morgan fingerprint density at radius 1 is 1.18 bits per heavy atom. The molecule has 0 atom stereocenters. The molecule has 1 spiro atoms. The van der Waals surface area contributed by atoms with E-state index in [0.717, 1.165) is 12.1 Å². The Kier molecular flexibility index (Phi) is 1.88. The first-order valence-electron chi connectivity index (χ1n) is 6.66. The van der Waals surface area contributed by atoms with E-state index in [1.165, 1.54) is 49.9 Å². The molecule has 2 aliphatic rings. The molecule has 4 rings (SSSR count). The predicted molar refractivity (Wildman–Crippen MR) is 65.9 cm³/mol. The van der Waals surface area contributed by atoms with E-state index in [-0.39, 0.29) is 0 Å². The quantitative estimate of drug-likeness (QED) is 0.692. The highest BCUT2D eigenvalue weighted by Crippen LogP contribution is 2.47. The van der Waals surface area contributed by atoms with Crippen molar-refractivity contribution in [3.63, 3.8) is 0 Å². The second-order valence-electron chi connectivity index (χ2n) is 5.69. The summed E-state index contributed by atoms with van der Waals surface area (Å²) in [4.78, 5) is 8.87.